The molecular weight excluding hydrogens is 376 g/mol. The topological polar surface area (TPSA) is 50.4 Å². The minimum absolute atomic E-state index is 0.243. The first-order valence-corrected chi connectivity index (χ1v) is 8.39. The van der Waals surface area contributed by atoms with Gasteiger partial charge in [0.2, 0.25) is 0 Å². The van der Waals surface area contributed by atoms with Gasteiger partial charge in [0, 0.05) is 15.7 Å². The van der Waals surface area contributed by atoms with Crippen molar-refractivity contribution in [2.75, 3.05) is 11.9 Å². The fraction of sp³-hybridized carbons (Fsp3) is 0.176. The number of benzene rings is 2. The van der Waals surface area contributed by atoms with Crippen LogP contribution >= 0.6 is 28.1 Å². The molecule has 0 atom stereocenters. The van der Waals surface area contributed by atoms with Crippen molar-refractivity contribution in [1.82, 2.24) is 5.32 Å². The van der Waals surface area contributed by atoms with Gasteiger partial charge in [-0.05, 0) is 55.0 Å². The zero-order valence-electron chi connectivity index (χ0n) is 12.6. The Balaban J connectivity index is 1.97. The lowest BCUT2D eigenvalue weighted by Gasteiger charge is -2.11. The van der Waals surface area contributed by atoms with Crippen LogP contribution in [-0.2, 0) is 0 Å². The second kappa shape index (κ2) is 8.64. The van der Waals surface area contributed by atoms with E-state index in [-0.39, 0.29) is 11.0 Å². The first-order valence-electron chi connectivity index (χ1n) is 7.19. The van der Waals surface area contributed by atoms with E-state index in [1.54, 1.807) is 18.2 Å². The molecule has 0 aliphatic rings. The molecule has 2 rings (SSSR count). The Labute approximate surface area is 149 Å². The van der Waals surface area contributed by atoms with Crippen LogP contribution in [0, 0.1) is 0 Å². The van der Waals surface area contributed by atoms with Gasteiger partial charge in [0.15, 0.2) is 5.11 Å². The summed E-state index contributed by atoms with van der Waals surface area (Å²) in [4.78, 5) is 12.2. The average Bonchev–Trinajstić information content (AvgIpc) is 2.53. The number of thiocarbonyl (C=S) groups is 1. The van der Waals surface area contributed by atoms with Crippen molar-refractivity contribution >= 4 is 44.9 Å². The SMILES string of the molecule is CCCOc1cccc(C(=O)NC(=S)Nc2cccc(Br)c2)c1. The van der Waals surface area contributed by atoms with Crippen LogP contribution in [-0.4, -0.2) is 17.6 Å². The highest BCUT2D eigenvalue weighted by atomic mass is 79.9. The van der Waals surface area contributed by atoms with E-state index in [1.165, 1.54) is 0 Å². The van der Waals surface area contributed by atoms with E-state index in [9.17, 15) is 4.79 Å². The van der Waals surface area contributed by atoms with Crippen LogP contribution in [0.5, 0.6) is 5.75 Å². The molecular formula is C17H17BrN2O2S. The van der Waals surface area contributed by atoms with E-state index in [2.05, 4.69) is 26.6 Å². The molecule has 2 aromatic rings. The number of anilines is 1. The number of ether oxygens (including phenoxy) is 1. The third-order valence-electron chi connectivity index (χ3n) is 2.88. The second-order valence-electron chi connectivity index (χ2n) is 4.79. The Morgan fingerprint density at radius 3 is 2.74 bits per heavy atom. The summed E-state index contributed by atoms with van der Waals surface area (Å²) in [5.74, 6) is 0.393. The molecule has 23 heavy (non-hydrogen) atoms. The van der Waals surface area contributed by atoms with Gasteiger partial charge in [-0.3, -0.25) is 10.1 Å². The molecule has 0 saturated heterocycles. The Hall–Kier alpha value is -1.92. The van der Waals surface area contributed by atoms with E-state index in [0.717, 1.165) is 16.6 Å². The van der Waals surface area contributed by atoms with Crippen LogP contribution in [0.2, 0.25) is 0 Å². The monoisotopic (exact) mass is 392 g/mol. The van der Waals surface area contributed by atoms with E-state index < -0.39 is 0 Å². The van der Waals surface area contributed by atoms with Gasteiger partial charge in [-0.25, -0.2) is 0 Å². The molecule has 0 unspecified atom stereocenters. The maximum absolute atomic E-state index is 12.2. The summed E-state index contributed by atoms with van der Waals surface area (Å²) < 4.78 is 6.45. The minimum atomic E-state index is -0.278. The normalized spacial score (nSPS) is 10.0. The molecule has 0 bridgehead atoms. The molecule has 0 radical (unpaired) electrons. The molecule has 2 aromatic carbocycles. The number of nitrogens with one attached hydrogen (secondary N) is 2. The summed E-state index contributed by atoms with van der Waals surface area (Å²) >= 11 is 8.55. The predicted molar refractivity (Wildman–Crippen MR) is 100 cm³/mol. The van der Waals surface area contributed by atoms with Crippen LogP contribution in [0.1, 0.15) is 23.7 Å². The van der Waals surface area contributed by atoms with Crippen molar-refractivity contribution in [3.63, 3.8) is 0 Å². The molecule has 4 nitrogen and oxygen atoms in total. The Morgan fingerprint density at radius 1 is 1.22 bits per heavy atom. The number of carbonyl (C=O) groups excluding carboxylic acids is 1. The first-order chi connectivity index (χ1) is 11.1. The van der Waals surface area contributed by atoms with Gasteiger partial charge in [-0.15, -0.1) is 0 Å². The minimum Gasteiger partial charge on any atom is -0.494 e. The number of carbonyl (C=O) groups is 1. The molecule has 0 aliphatic carbocycles. The highest BCUT2D eigenvalue weighted by Crippen LogP contribution is 2.16. The van der Waals surface area contributed by atoms with Gasteiger partial charge in [0.05, 0.1) is 6.61 Å². The second-order valence-corrected chi connectivity index (χ2v) is 6.12. The van der Waals surface area contributed by atoms with Crippen LogP contribution < -0.4 is 15.4 Å². The van der Waals surface area contributed by atoms with Crippen LogP contribution in [0.3, 0.4) is 0 Å². The molecule has 120 valence electrons. The summed E-state index contributed by atoms with van der Waals surface area (Å²) in [6.07, 6.45) is 0.914. The molecule has 0 aliphatic heterocycles. The third-order valence-corrected chi connectivity index (χ3v) is 3.58. The Bertz CT molecular complexity index is 706. The zero-order chi connectivity index (χ0) is 16.7. The number of rotatable bonds is 5. The van der Waals surface area contributed by atoms with Gasteiger partial charge in [0.1, 0.15) is 5.75 Å². The molecule has 1 amide bonds. The first kappa shape index (κ1) is 17.4. The van der Waals surface area contributed by atoms with Crippen molar-refractivity contribution in [3.8, 4) is 5.75 Å². The number of halogens is 1. The molecule has 6 heteroatoms. The highest BCUT2D eigenvalue weighted by Gasteiger charge is 2.09. The summed E-state index contributed by atoms with van der Waals surface area (Å²) in [5, 5.41) is 5.87. The third kappa shape index (κ3) is 5.65. The van der Waals surface area contributed by atoms with Crippen molar-refractivity contribution < 1.29 is 9.53 Å². The van der Waals surface area contributed by atoms with E-state index >= 15 is 0 Å². The van der Waals surface area contributed by atoms with Crippen LogP contribution in [0.4, 0.5) is 5.69 Å². The van der Waals surface area contributed by atoms with Crippen LogP contribution in [0.15, 0.2) is 53.0 Å². The number of amides is 1. The smallest absolute Gasteiger partial charge is 0.257 e. The molecule has 0 spiro atoms. The van der Waals surface area contributed by atoms with Crippen LogP contribution in [0.25, 0.3) is 0 Å². The van der Waals surface area contributed by atoms with E-state index in [4.69, 9.17) is 17.0 Å². The van der Waals surface area contributed by atoms with Crippen molar-refractivity contribution in [3.05, 3.63) is 58.6 Å². The molecule has 0 aromatic heterocycles. The predicted octanol–water partition coefficient (Wildman–Crippen LogP) is 4.36. The van der Waals surface area contributed by atoms with Gasteiger partial charge in [0.25, 0.3) is 5.91 Å². The van der Waals surface area contributed by atoms with Crippen molar-refractivity contribution in [2.45, 2.75) is 13.3 Å². The summed E-state index contributed by atoms with van der Waals surface area (Å²) in [6, 6.07) is 14.6. The number of hydrogen-bond donors (Lipinski definition) is 2. The van der Waals surface area contributed by atoms with Gasteiger partial charge in [-0.1, -0.05) is 35.0 Å². The number of hydrogen-bond acceptors (Lipinski definition) is 3. The fourth-order valence-corrected chi connectivity index (χ4v) is 2.46. The fourth-order valence-electron chi connectivity index (χ4n) is 1.85. The molecule has 0 heterocycles. The van der Waals surface area contributed by atoms with E-state index in [1.807, 2.05) is 37.3 Å². The van der Waals surface area contributed by atoms with E-state index in [0.29, 0.717) is 17.9 Å². The maximum Gasteiger partial charge on any atom is 0.257 e. The summed E-state index contributed by atoms with van der Waals surface area (Å²) in [5.41, 5.74) is 1.29. The average molecular weight is 393 g/mol. The van der Waals surface area contributed by atoms with Crippen molar-refractivity contribution in [1.29, 1.82) is 0 Å². The van der Waals surface area contributed by atoms with Gasteiger partial charge in [-0.2, -0.15) is 0 Å². The summed E-state index contributed by atoms with van der Waals surface area (Å²) in [6.45, 7) is 2.65. The van der Waals surface area contributed by atoms with Gasteiger partial charge >= 0.3 is 0 Å². The molecule has 2 N–H and O–H groups in total. The Kier molecular flexibility index (Phi) is 6.55. The molecule has 0 fully saturated rings. The van der Waals surface area contributed by atoms with Gasteiger partial charge < -0.3 is 10.1 Å². The lowest BCUT2D eigenvalue weighted by molar-refractivity contribution is 0.0977. The molecule has 0 saturated carbocycles. The highest BCUT2D eigenvalue weighted by molar-refractivity contribution is 9.10. The zero-order valence-corrected chi connectivity index (χ0v) is 15.0. The lowest BCUT2D eigenvalue weighted by Crippen LogP contribution is -2.34. The maximum atomic E-state index is 12.2. The standard InChI is InChI=1S/C17H17BrN2O2S/c1-2-9-22-15-8-3-5-12(10-15)16(21)20-17(23)19-14-7-4-6-13(18)11-14/h3-8,10-11H,2,9H2,1H3,(H2,19,20,21,23). The summed E-state index contributed by atoms with van der Waals surface area (Å²) in [7, 11) is 0. The van der Waals surface area contributed by atoms with Crippen molar-refractivity contribution in [2.24, 2.45) is 0 Å². The quantitative estimate of drug-likeness (QED) is 0.741. The lowest BCUT2D eigenvalue weighted by atomic mass is 10.2. The largest absolute Gasteiger partial charge is 0.494 e. The Morgan fingerprint density at radius 2 is 2.00 bits per heavy atom.